The van der Waals surface area contributed by atoms with Gasteiger partial charge in [-0.05, 0) is 6.07 Å². The van der Waals surface area contributed by atoms with Crippen LogP contribution in [0.1, 0.15) is 16.8 Å². The average Bonchev–Trinajstić information content (AvgIpc) is 2.27. The fraction of sp³-hybridized carbons (Fsp3) is 0.200. The van der Waals surface area contributed by atoms with Gasteiger partial charge in [0.05, 0.1) is 17.0 Å². The number of carbonyl (C=O) groups excluding carboxylic acids is 2. The highest BCUT2D eigenvalue weighted by molar-refractivity contribution is 6.33. The van der Waals surface area contributed by atoms with Gasteiger partial charge in [0, 0.05) is 12.4 Å². The maximum atomic E-state index is 11.7. The van der Waals surface area contributed by atoms with E-state index in [2.05, 4.69) is 10.3 Å². The SMILES string of the molecule is NC(=O)CC(NC(=O)c1ccncc1Cl)C(=O)O. The molecule has 7 nitrogen and oxygen atoms in total. The van der Waals surface area contributed by atoms with Gasteiger partial charge in [-0.15, -0.1) is 0 Å². The lowest BCUT2D eigenvalue weighted by Crippen LogP contribution is -2.43. The number of carboxylic acids is 1. The van der Waals surface area contributed by atoms with Crippen molar-refractivity contribution in [1.29, 1.82) is 0 Å². The highest BCUT2D eigenvalue weighted by atomic mass is 35.5. The van der Waals surface area contributed by atoms with Crippen LogP contribution in [0, 0.1) is 0 Å². The van der Waals surface area contributed by atoms with Gasteiger partial charge in [-0.3, -0.25) is 14.6 Å². The molecule has 18 heavy (non-hydrogen) atoms. The molecule has 0 radical (unpaired) electrons. The standard InChI is InChI=1S/C10H10ClN3O4/c11-6-4-13-2-1-5(6)9(16)14-7(10(17)18)3-8(12)15/h1-2,4,7H,3H2,(H2,12,15)(H,14,16)(H,17,18). The second-order valence-electron chi connectivity index (χ2n) is 3.39. The fourth-order valence-corrected chi connectivity index (χ4v) is 1.40. The zero-order chi connectivity index (χ0) is 13.7. The van der Waals surface area contributed by atoms with Crippen LogP contribution >= 0.6 is 11.6 Å². The number of nitrogens with zero attached hydrogens (tertiary/aromatic N) is 1. The van der Waals surface area contributed by atoms with E-state index in [9.17, 15) is 14.4 Å². The van der Waals surface area contributed by atoms with Gasteiger partial charge in [-0.25, -0.2) is 4.79 Å². The summed E-state index contributed by atoms with van der Waals surface area (Å²) in [5, 5.41) is 11.1. The average molecular weight is 272 g/mol. The molecule has 0 saturated carbocycles. The number of hydrogen-bond acceptors (Lipinski definition) is 4. The van der Waals surface area contributed by atoms with Crippen LogP contribution in [0.15, 0.2) is 18.5 Å². The maximum absolute atomic E-state index is 11.7. The quantitative estimate of drug-likeness (QED) is 0.684. The molecule has 96 valence electrons. The van der Waals surface area contributed by atoms with Crippen LogP contribution in [0.5, 0.6) is 0 Å². The first-order chi connectivity index (χ1) is 8.41. The minimum absolute atomic E-state index is 0.0717. The van der Waals surface area contributed by atoms with Gasteiger partial charge in [0.15, 0.2) is 0 Å². The first kappa shape index (κ1) is 13.9. The minimum atomic E-state index is -1.39. The number of hydrogen-bond donors (Lipinski definition) is 3. The van der Waals surface area contributed by atoms with Crippen molar-refractivity contribution >= 4 is 29.4 Å². The van der Waals surface area contributed by atoms with Crippen molar-refractivity contribution in [2.75, 3.05) is 0 Å². The minimum Gasteiger partial charge on any atom is -0.480 e. The summed E-state index contributed by atoms with van der Waals surface area (Å²) in [6, 6.07) is -0.0554. The van der Waals surface area contributed by atoms with E-state index in [-0.39, 0.29) is 10.6 Å². The Balaban J connectivity index is 2.82. The first-order valence-corrected chi connectivity index (χ1v) is 5.21. The molecule has 0 fully saturated rings. The molecule has 1 heterocycles. The van der Waals surface area contributed by atoms with E-state index in [0.717, 1.165) is 0 Å². The highest BCUT2D eigenvalue weighted by Crippen LogP contribution is 2.13. The Morgan fingerprint density at radius 1 is 1.50 bits per heavy atom. The van der Waals surface area contributed by atoms with E-state index in [1.807, 2.05) is 0 Å². The summed E-state index contributed by atoms with van der Waals surface area (Å²) in [5.41, 5.74) is 4.96. The molecule has 0 saturated heterocycles. The second kappa shape index (κ2) is 5.97. The monoisotopic (exact) mass is 271 g/mol. The van der Waals surface area contributed by atoms with E-state index in [1.54, 1.807) is 0 Å². The van der Waals surface area contributed by atoms with Crippen molar-refractivity contribution in [2.45, 2.75) is 12.5 Å². The Morgan fingerprint density at radius 2 is 2.17 bits per heavy atom. The van der Waals surface area contributed by atoms with Crippen LogP contribution in [0.3, 0.4) is 0 Å². The Labute approximate surface area is 107 Å². The van der Waals surface area contributed by atoms with Crippen LogP contribution in [-0.4, -0.2) is 33.9 Å². The van der Waals surface area contributed by atoms with Crippen molar-refractivity contribution in [3.63, 3.8) is 0 Å². The van der Waals surface area contributed by atoms with E-state index >= 15 is 0 Å². The van der Waals surface area contributed by atoms with Crippen LogP contribution < -0.4 is 11.1 Å². The lowest BCUT2D eigenvalue weighted by molar-refractivity contribution is -0.140. The molecule has 1 unspecified atom stereocenters. The predicted molar refractivity (Wildman–Crippen MR) is 61.9 cm³/mol. The summed E-state index contributed by atoms with van der Waals surface area (Å²) in [6.07, 6.45) is 2.09. The number of nitrogens with two attached hydrogens (primary N) is 1. The second-order valence-corrected chi connectivity index (χ2v) is 3.80. The topological polar surface area (TPSA) is 122 Å². The molecule has 0 aliphatic heterocycles. The largest absolute Gasteiger partial charge is 0.480 e. The molecule has 1 rings (SSSR count). The Hall–Kier alpha value is -2.15. The van der Waals surface area contributed by atoms with Gasteiger partial charge in [-0.1, -0.05) is 11.6 Å². The summed E-state index contributed by atoms with van der Waals surface area (Å²) in [5.74, 6) is -2.90. The number of nitrogens with one attached hydrogen (secondary N) is 1. The van der Waals surface area contributed by atoms with Crippen molar-refractivity contribution < 1.29 is 19.5 Å². The molecule has 0 spiro atoms. The summed E-state index contributed by atoms with van der Waals surface area (Å²) < 4.78 is 0. The van der Waals surface area contributed by atoms with Gasteiger partial charge < -0.3 is 16.2 Å². The van der Waals surface area contributed by atoms with Crippen LogP contribution in [0.25, 0.3) is 0 Å². The number of carboxylic acid groups (broad SMARTS) is 1. The number of carbonyl (C=O) groups is 3. The van der Waals surface area contributed by atoms with Gasteiger partial charge in [0.25, 0.3) is 5.91 Å². The predicted octanol–water partition coefficient (Wildman–Crippen LogP) is -0.207. The molecule has 0 aliphatic rings. The summed E-state index contributed by atoms with van der Waals surface area (Å²) in [7, 11) is 0. The van der Waals surface area contributed by atoms with E-state index in [1.165, 1.54) is 18.5 Å². The number of primary amides is 1. The van der Waals surface area contributed by atoms with Gasteiger partial charge in [0.1, 0.15) is 6.04 Å². The zero-order valence-corrected chi connectivity index (χ0v) is 9.85. The fourth-order valence-electron chi connectivity index (χ4n) is 1.20. The van der Waals surface area contributed by atoms with Gasteiger partial charge >= 0.3 is 5.97 Å². The number of amides is 2. The molecule has 0 aliphatic carbocycles. The summed E-state index contributed by atoms with van der Waals surface area (Å²) in [4.78, 5) is 36.9. The zero-order valence-electron chi connectivity index (χ0n) is 9.09. The van der Waals surface area contributed by atoms with Crippen LogP contribution in [0.4, 0.5) is 0 Å². The lowest BCUT2D eigenvalue weighted by Gasteiger charge is -2.13. The van der Waals surface area contributed by atoms with Crippen LogP contribution in [-0.2, 0) is 9.59 Å². The smallest absolute Gasteiger partial charge is 0.326 e. The Kier molecular flexibility index (Phi) is 4.61. The van der Waals surface area contributed by atoms with E-state index < -0.39 is 30.2 Å². The van der Waals surface area contributed by atoms with Crippen molar-refractivity contribution in [3.8, 4) is 0 Å². The summed E-state index contributed by atoms with van der Waals surface area (Å²) in [6.45, 7) is 0. The maximum Gasteiger partial charge on any atom is 0.326 e. The lowest BCUT2D eigenvalue weighted by atomic mass is 10.1. The Bertz CT molecular complexity index is 492. The molecule has 2 amide bonds. The first-order valence-electron chi connectivity index (χ1n) is 4.83. The molecule has 4 N–H and O–H groups in total. The molecule has 0 aromatic carbocycles. The number of rotatable bonds is 5. The number of aliphatic carboxylic acids is 1. The van der Waals surface area contributed by atoms with Gasteiger partial charge in [0.2, 0.25) is 5.91 Å². The molecule has 1 atom stereocenters. The number of halogens is 1. The van der Waals surface area contributed by atoms with Gasteiger partial charge in [-0.2, -0.15) is 0 Å². The molecule has 1 aromatic heterocycles. The van der Waals surface area contributed by atoms with Crippen LogP contribution in [0.2, 0.25) is 5.02 Å². The van der Waals surface area contributed by atoms with Crippen molar-refractivity contribution in [3.05, 3.63) is 29.0 Å². The third-order valence-corrected chi connectivity index (χ3v) is 2.33. The highest BCUT2D eigenvalue weighted by Gasteiger charge is 2.23. The third-order valence-electron chi connectivity index (χ3n) is 2.03. The number of aromatic nitrogens is 1. The Morgan fingerprint density at radius 3 is 2.67 bits per heavy atom. The van der Waals surface area contributed by atoms with Crippen molar-refractivity contribution in [1.82, 2.24) is 10.3 Å². The molecule has 1 aromatic rings. The van der Waals surface area contributed by atoms with Crippen molar-refractivity contribution in [2.24, 2.45) is 5.73 Å². The van der Waals surface area contributed by atoms with E-state index in [0.29, 0.717) is 0 Å². The molecule has 0 bridgehead atoms. The van der Waals surface area contributed by atoms with E-state index in [4.69, 9.17) is 22.4 Å². The molecular formula is C10H10ClN3O4. The molecule has 8 heteroatoms. The molecular weight excluding hydrogens is 262 g/mol. The third kappa shape index (κ3) is 3.70. The summed E-state index contributed by atoms with van der Waals surface area (Å²) >= 11 is 5.73. The normalized spacial score (nSPS) is 11.6. The number of pyridine rings is 1.